The van der Waals surface area contributed by atoms with E-state index in [1.807, 2.05) is 45.0 Å². The summed E-state index contributed by atoms with van der Waals surface area (Å²) in [6.45, 7) is 4.00. The first-order valence-corrected chi connectivity index (χ1v) is 3.88. The molecule has 3 heteroatoms. The van der Waals surface area contributed by atoms with Crippen LogP contribution in [0, 0.1) is 0 Å². The Morgan fingerprint density at radius 3 is 1.75 bits per heavy atom. The Hall–Kier alpha value is -0.570. The monoisotopic (exact) mass is 232 g/mol. The summed E-state index contributed by atoms with van der Waals surface area (Å²) in [6, 6.07) is 3.94. The fourth-order valence-corrected chi connectivity index (χ4v) is 0.642. The zero-order valence-corrected chi connectivity index (χ0v) is 9.83. The van der Waals surface area contributed by atoms with Crippen LogP contribution in [0.4, 0.5) is 5.69 Å². The third-order valence-electron chi connectivity index (χ3n) is 1.18. The maximum Gasteiger partial charge on any atom is 0.0391 e. The van der Waals surface area contributed by atoms with E-state index in [1.54, 1.807) is 12.4 Å². The summed E-state index contributed by atoms with van der Waals surface area (Å²) in [5.74, 6) is 0. The number of aromatic nitrogens is 1. The molecule has 0 aromatic carbocycles. The summed E-state index contributed by atoms with van der Waals surface area (Å²) in [5, 5.41) is 0. The molecule has 0 unspecified atom stereocenters. The molecule has 0 spiro atoms. The van der Waals surface area contributed by atoms with Crippen molar-refractivity contribution in [3.05, 3.63) is 24.5 Å². The van der Waals surface area contributed by atoms with Crippen molar-refractivity contribution in [2.24, 2.45) is 0 Å². The normalized spacial score (nSPS) is 7.33. The standard InChI is InChI=1S/C7H10N2.C2H6.BrH/c1-9(2)7-3-5-8-6-4-7;1-2;/h3-6H,1-2H3;1-2H3;1H. The van der Waals surface area contributed by atoms with Crippen LogP contribution in [0.25, 0.3) is 0 Å². The van der Waals surface area contributed by atoms with Crippen molar-refractivity contribution >= 4 is 22.7 Å². The van der Waals surface area contributed by atoms with Crippen molar-refractivity contribution in [1.82, 2.24) is 4.98 Å². The highest BCUT2D eigenvalue weighted by Gasteiger charge is 1.88. The van der Waals surface area contributed by atoms with Crippen molar-refractivity contribution in [2.45, 2.75) is 13.8 Å². The minimum absolute atomic E-state index is 0. The van der Waals surface area contributed by atoms with E-state index >= 15 is 0 Å². The maximum absolute atomic E-state index is 3.90. The molecule has 0 amide bonds. The first-order chi connectivity index (χ1) is 5.30. The lowest BCUT2D eigenvalue weighted by molar-refractivity contribution is 1.12. The van der Waals surface area contributed by atoms with E-state index in [0.717, 1.165) is 0 Å². The second kappa shape index (κ2) is 8.53. The summed E-state index contributed by atoms with van der Waals surface area (Å²) in [4.78, 5) is 5.94. The van der Waals surface area contributed by atoms with E-state index in [9.17, 15) is 0 Å². The number of pyridine rings is 1. The first-order valence-electron chi connectivity index (χ1n) is 3.88. The average molecular weight is 233 g/mol. The number of hydrogen-bond donors (Lipinski definition) is 0. The van der Waals surface area contributed by atoms with Crippen LogP contribution in [-0.2, 0) is 0 Å². The van der Waals surface area contributed by atoms with Crippen LogP contribution in [0.15, 0.2) is 24.5 Å². The van der Waals surface area contributed by atoms with Crippen LogP contribution < -0.4 is 4.90 Å². The molecule has 0 saturated heterocycles. The van der Waals surface area contributed by atoms with Crippen molar-refractivity contribution in [3.63, 3.8) is 0 Å². The summed E-state index contributed by atoms with van der Waals surface area (Å²) in [7, 11) is 4.02. The fraction of sp³-hybridized carbons (Fsp3) is 0.444. The molecule has 0 radical (unpaired) electrons. The van der Waals surface area contributed by atoms with Crippen molar-refractivity contribution in [3.8, 4) is 0 Å². The number of anilines is 1. The SMILES string of the molecule is Br.CC.CN(C)c1ccncc1. The van der Waals surface area contributed by atoms with Gasteiger partial charge in [0.05, 0.1) is 0 Å². The first kappa shape index (κ1) is 14.0. The third-order valence-corrected chi connectivity index (χ3v) is 1.18. The van der Waals surface area contributed by atoms with Gasteiger partial charge in [0.25, 0.3) is 0 Å². The van der Waals surface area contributed by atoms with E-state index in [-0.39, 0.29) is 17.0 Å². The number of hydrogen-bond acceptors (Lipinski definition) is 2. The van der Waals surface area contributed by atoms with Crippen molar-refractivity contribution in [2.75, 3.05) is 19.0 Å². The van der Waals surface area contributed by atoms with Crippen molar-refractivity contribution < 1.29 is 0 Å². The second-order valence-electron chi connectivity index (χ2n) is 2.10. The van der Waals surface area contributed by atoms with E-state index in [4.69, 9.17) is 0 Å². The second-order valence-corrected chi connectivity index (χ2v) is 2.10. The Morgan fingerprint density at radius 1 is 1.08 bits per heavy atom. The topological polar surface area (TPSA) is 16.1 Å². The molecular formula is C9H17BrN2. The fourth-order valence-electron chi connectivity index (χ4n) is 0.642. The van der Waals surface area contributed by atoms with Gasteiger partial charge < -0.3 is 4.90 Å². The molecule has 0 aliphatic rings. The molecule has 1 rings (SSSR count). The van der Waals surface area contributed by atoms with Crippen LogP contribution >= 0.6 is 17.0 Å². The lowest BCUT2D eigenvalue weighted by Gasteiger charge is -2.10. The summed E-state index contributed by atoms with van der Waals surface area (Å²) < 4.78 is 0. The zero-order valence-electron chi connectivity index (χ0n) is 8.11. The van der Waals surface area contributed by atoms with Gasteiger partial charge in [-0.05, 0) is 12.1 Å². The van der Waals surface area contributed by atoms with Gasteiger partial charge in [0.2, 0.25) is 0 Å². The van der Waals surface area contributed by atoms with Gasteiger partial charge in [-0.1, -0.05) is 13.8 Å². The average Bonchev–Trinajstić information content (AvgIpc) is 2.10. The molecule has 0 aliphatic carbocycles. The molecule has 1 aromatic heterocycles. The molecule has 12 heavy (non-hydrogen) atoms. The summed E-state index contributed by atoms with van der Waals surface area (Å²) >= 11 is 0. The molecule has 70 valence electrons. The molecule has 0 saturated carbocycles. The van der Waals surface area contributed by atoms with Gasteiger partial charge in [-0.15, -0.1) is 17.0 Å². The Morgan fingerprint density at radius 2 is 1.50 bits per heavy atom. The highest BCUT2D eigenvalue weighted by Crippen LogP contribution is 2.05. The van der Waals surface area contributed by atoms with Gasteiger partial charge in [-0.2, -0.15) is 0 Å². The van der Waals surface area contributed by atoms with Crippen LogP contribution in [-0.4, -0.2) is 19.1 Å². The van der Waals surface area contributed by atoms with E-state index in [1.165, 1.54) is 5.69 Å². The van der Waals surface area contributed by atoms with Gasteiger partial charge in [0.15, 0.2) is 0 Å². The highest BCUT2D eigenvalue weighted by molar-refractivity contribution is 8.93. The summed E-state index contributed by atoms with van der Waals surface area (Å²) in [5.41, 5.74) is 1.19. The lowest BCUT2D eigenvalue weighted by atomic mass is 10.4. The predicted molar refractivity (Wildman–Crippen MR) is 60.2 cm³/mol. The molecule has 0 bridgehead atoms. The van der Waals surface area contributed by atoms with Gasteiger partial charge in [-0.25, -0.2) is 0 Å². The van der Waals surface area contributed by atoms with Crippen LogP contribution in [0.3, 0.4) is 0 Å². The zero-order chi connectivity index (χ0) is 8.69. The molecule has 0 aliphatic heterocycles. The molecule has 1 aromatic rings. The van der Waals surface area contributed by atoms with Gasteiger partial charge in [0, 0.05) is 32.2 Å². The lowest BCUT2D eigenvalue weighted by Crippen LogP contribution is -2.07. The largest absolute Gasteiger partial charge is 0.378 e. The third kappa shape index (κ3) is 5.13. The minimum Gasteiger partial charge on any atom is -0.378 e. The van der Waals surface area contributed by atoms with Crippen LogP contribution in [0.5, 0.6) is 0 Å². The van der Waals surface area contributed by atoms with E-state index < -0.39 is 0 Å². The quantitative estimate of drug-likeness (QED) is 0.741. The molecule has 1 heterocycles. The van der Waals surface area contributed by atoms with Crippen molar-refractivity contribution in [1.29, 1.82) is 0 Å². The Balaban J connectivity index is 0. The van der Waals surface area contributed by atoms with Crippen LogP contribution in [0.1, 0.15) is 13.8 Å². The smallest absolute Gasteiger partial charge is 0.0391 e. The molecule has 0 fully saturated rings. The molecule has 2 nitrogen and oxygen atoms in total. The molecular weight excluding hydrogens is 216 g/mol. The minimum atomic E-state index is 0. The van der Waals surface area contributed by atoms with Gasteiger partial charge in [0.1, 0.15) is 0 Å². The highest BCUT2D eigenvalue weighted by atomic mass is 79.9. The Kier molecular flexibility index (Phi) is 9.93. The van der Waals surface area contributed by atoms with E-state index in [0.29, 0.717) is 0 Å². The van der Waals surface area contributed by atoms with E-state index in [2.05, 4.69) is 4.98 Å². The Bertz CT molecular complexity index is 175. The number of nitrogens with zero attached hydrogens (tertiary/aromatic N) is 2. The predicted octanol–water partition coefficient (Wildman–Crippen LogP) is 2.75. The van der Waals surface area contributed by atoms with Gasteiger partial charge >= 0.3 is 0 Å². The number of halogens is 1. The van der Waals surface area contributed by atoms with Gasteiger partial charge in [-0.3, -0.25) is 4.98 Å². The maximum atomic E-state index is 3.90. The Labute approximate surface area is 85.4 Å². The number of rotatable bonds is 1. The van der Waals surface area contributed by atoms with Crippen LogP contribution in [0.2, 0.25) is 0 Å². The molecule has 0 atom stereocenters. The molecule has 0 N–H and O–H groups in total. The summed E-state index contributed by atoms with van der Waals surface area (Å²) in [6.07, 6.45) is 3.57.